The van der Waals surface area contributed by atoms with Gasteiger partial charge in [0, 0.05) is 71.0 Å². The first kappa shape index (κ1) is 39.6. The van der Waals surface area contributed by atoms with Crippen LogP contribution in [0.4, 0.5) is 22.7 Å². The Bertz CT molecular complexity index is 2720. The minimum absolute atomic E-state index is 0.164. The van der Waals surface area contributed by atoms with E-state index in [2.05, 4.69) is 229 Å². The van der Waals surface area contributed by atoms with Crippen molar-refractivity contribution in [2.45, 2.75) is 64.2 Å². The van der Waals surface area contributed by atoms with Crippen LogP contribution in [-0.4, -0.2) is 47.8 Å². The van der Waals surface area contributed by atoms with Gasteiger partial charge in [0.05, 0.1) is 0 Å². The van der Waals surface area contributed by atoms with E-state index in [-0.39, 0.29) is 10.8 Å². The van der Waals surface area contributed by atoms with Gasteiger partial charge >= 0.3 is 0 Å². The molecule has 0 bridgehead atoms. The lowest BCUT2D eigenvalue weighted by Gasteiger charge is -2.30. The molecule has 0 spiro atoms. The Hall–Kier alpha value is -6.52. The second-order valence-corrected chi connectivity index (χ2v) is 17.8. The second kappa shape index (κ2) is 16.4. The standard InChI is InChI=1S/C58H58N4/c1-5-61-51-31-29-45-23-13-15-25-47(45)55(51)57(3,37-33-43-19-9-7-10-20-43)53(61)35-39-59-41-42-60(50-28-18-17-27-49(50)59)40-36-54-58(4,38-34-44-21-11-8-12-22-44)56-48-26-16-14-24-46(48)30-32-52(56)62(54)6-2/h7-32,35-36,39-40H,5-6,33-34,37-38,41-42H2,1-4H3/q+2. The van der Waals surface area contributed by atoms with Crippen molar-refractivity contribution in [3.05, 3.63) is 204 Å². The number of benzene rings is 7. The Labute approximate surface area is 368 Å². The van der Waals surface area contributed by atoms with Gasteiger partial charge in [-0.1, -0.05) is 133 Å². The molecule has 7 aromatic carbocycles. The van der Waals surface area contributed by atoms with Crippen molar-refractivity contribution >= 4 is 56.7 Å². The number of hydrogen-bond donors (Lipinski definition) is 0. The Kier molecular flexibility index (Phi) is 10.5. The van der Waals surface area contributed by atoms with Crippen molar-refractivity contribution in [2.24, 2.45) is 0 Å². The van der Waals surface area contributed by atoms with E-state index >= 15 is 0 Å². The van der Waals surface area contributed by atoms with Gasteiger partial charge in [0.2, 0.25) is 13.1 Å². The summed E-state index contributed by atoms with van der Waals surface area (Å²) in [4.78, 5) is 5.14. The number of fused-ring (bicyclic) bond motifs is 7. The fourth-order valence-corrected chi connectivity index (χ4v) is 11.1. The van der Waals surface area contributed by atoms with Crippen molar-refractivity contribution in [2.75, 3.05) is 36.0 Å². The van der Waals surface area contributed by atoms with Crippen LogP contribution in [0, 0.1) is 0 Å². The first-order valence-corrected chi connectivity index (χ1v) is 22.8. The predicted molar refractivity (Wildman–Crippen MR) is 262 cm³/mol. The highest BCUT2D eigenvalue weighted by Gasteiger charge is 2.46. The van der Waals surface area contributed by atoms with E-state index in [0.717, 1.165) is 51.9 Å². The van der Waals surface area contributed by atoms with Gasteiger partial charge in [0.25, 0.3) is 11.4 Å². The largest absolute Gasteiger partial charge is 0.344 e. The van der Waals surface area contributed by atoms with Crippen LogP contribution in [0.15, 0.2) is 181 Å². The zero-order chi connectivity index (χ0) is 42.3. The van der Waals surface area contributed by atoms with Crippen molar-refractivity contribution in [3.8, 4) is 0 Å². The fraction of sp³-hybridized carbons (Fsp3) is 0.241. The first-order valence-electron chi connectivity index (χ1n) is 22.8. The molecule has 0 radical (unpaired) electrons. The maximum absolute atomic E-state index is 2.57. The third kappa shape index (κ3) is 6.77. The average molecular weight is 811 g/mol. The average Bonchev–Trinajstić information content (AvgIpc) is 3.73. The maximum atomic E-state index is 2.57. The summed E-state index contributed by atoms with van der Waals surface area (Å²) in [5.74, 6) is 0. The zero-order valence-electron chi connectivity index (χ0n) is 36.8. The van der Waals surface area contributed by atoms with Gasteiger partial charge in [-0.2, -0.15) is 9.15 Å². The first-order chi connectivity index (χ1) is 30.4. The summed E-state index contributed by atoms with van der Waals surface area (Å²) >= 11 is 0. The molecule has 0 amide bonds. The van der Waals surface area contributed by atoms with Crippen LogP contribution in [0.1, 0.15) is 62.8 Å². The van der Waals surface area contributed by atoms with E-state index in [4.69, 9.17) is 0 Å². The van der Waals surface area contributed by atoms with Gasteiger partial charge in [0.15, 0.2) is 12.4 Å². The van der Waals surface area contributed by atoms with Gasteiger partial charge in [-0.3, -0.25) is 0 Å². The molecule has 0 saturated carbocycles. The SMILES string of the molecule is CCN1C(=CC=[N+]2CC[N+](=CC=C3N(CC)c4ccc5ccccc5c4C3(C)CCc3ccccc3)c3ccccc32)C(C)(CCc2ccccc2)c2c1ccc1ccccc21. The summed E-state index contributed by atoms with van der Waals surface area (Å²) in [7, 11) is 0. The molecule has 0 saturated heterocycles. The summed E-state index contributed by atoms with van der Waals surface area (Å²) in [6.07, 6.45) is 13.7. The number of hydrogen-bond acceptors (Lipinski definition) is 2. The van der Waals surface area contributed by atoms with Gasteiger partial charge < -0.3 is 9.80 Å². The highest BCUT2D eigenvalue weighted by molar-refractivity contribution is 5.97. The van der Waals surface area contributed by atoms with E-state index in [0.29, 0.717) is 0 Å². The molecular weight excluding hydrogens is 753 g/mol. The zero-order valence-corrected chi connectivity index (χ0v) is 36.8. The number of anilines is 2. The summed E-state index contributed by atoms with van der Waals surface area (Å²) < 4.78 is 4.96. The maximum Gasteiger partial charge on any atom is 0.277 e. The van der Waals surface area contributed by atoms with Crippen LogP contribution < -0.4 is 9.80 Å². The monoisotopic (exact) mass is 810 g/mol. The van der Waals surface area contributed by atoms with Gasteiger partial charge in [-0.05, 0) is 109 Å². The highest BCUT2D eigenvalue weighted by Crippen LogP contribution is 2.54. The van der Waals surface area contributed by atoms with Crippen LogP contribution in [0.3, 0.4) is 0 Å². The molecule has 0 fully saturated rings. The van der Waals surface area contributed by atoms with Gasteiger partial charge in [-0.25, -0.2) is 0 Å². The fourth-order valence-electron chi connectivity index (χ4n) is 11.1. The minimum Gasteiger partial charge on any atom is -0.344 e. The summed E-state index contributed by atoms with van der Waals surface area (Å²) in [6, 6.07) is 58.2. The van der Waals surface area contributed by atoms with E-state index in [1.165, 1.54) is 77.9 Å². The molecule has 62 heavy (non-hydrogen) atoms. The number of aryl methyl sites for hydroxylation is 2. The van der Waals surface area contributed by atoms with Crippen LogP contribution in [0.5, 0.6) is 0 Å². The number of likely N-dealkylation sites (N-methyl/N-ethyl adjacent to an activating group) is 2. The molecule has 0 N–H and O–H groups in total. The second-order valence-electron chi connectivity index (χ2n) is 17.8. The normalized spacial score (nSPS) is 22.0. The quantitative estimate of drug-likeness (QED) is 0.128. The Morgan fingerprint density at radius 1 is 0.468 bits per heavy atom. The molecule has 10 rings (SSSR count). The van der Waals surface area contributed by atoms with Crippen LogP contribution in [0.2, 0.25) is 0 Å². The molecule has 2 unspecified atom stereocenters. The number of para-hydroxylation sites is 2. The summed E-state index contributed by atoms with van der Waals surface area (Å²) in [5.41, 5.74) is 13.3. The molecule has 2 atom stereocenters. The Balaban J connectivity index is 1.04. The number of allylic oxidation sites excluding steroid dienone is 4. The molecule has 308 valence electrons. The Morgan fingerprint density at radius 3 is 1.27 bits per heavy atom. The van der Waals surface area contributed by atoms with E-state index in [1.54, 1.807) is 0 Å². The summed E-state index contributed by atoms with van der Waals surface area (Å²) in [5, 5.41) is 5.34. The van der Waals surface area contributed by atoms with Crippen LogP contribution >= 0.6 is 0 Å². The van der Waals surface area contributed by atoms with E-state index in [9.17, 15) is 0 Å². The van der Waals surface area contributed by atoms with Crippen molar-refractivity contribution in [1.29, 1.82) is 0 Å². The smallest absolute Gasteiger partial charge is 0.277 e. The molecule has 0 aliphatic carbocycles. The van der Waals surface area contributed by atoms with Crippen molar-refractivity contribution in [3.63, 3.8) is 0 Å². The molecule has 4 nitrogen and oxygen atoms in total. The number of nitrogens with zero attached hydrogens (tertiary/aromatic N) is 4. The minimum atomic E-state index is -0.164. The van der Waals surface area contributed by atoms with Crippen LogP contribution in [0.25, 0.3) is 21.5 Å². The van der Waals surface area contributed by atoms with E-state index in [1.807, 2.05) is 0 Å². The molecular formula is C58H58N4+2. The van der Waals surface area contributed by atoms with Crippen molar-refractivity contribution < 1.29 is 9.15 Å². The predicted octanol–water partition coefficient (Wildman–Crippen LogP) is 13.1. The lowest BCUT2D eigenvalue weighted by atomic mass is 9.75. The topological polar surface area (TPSA) is 12.5 Å². The highest BCUT2D eigenvalue weighted by atomic mass is 15.2. The van der Waals surface area contributed by atoms with E-state index < -0.39 is 0 Å². The van der Waals surface area contributed by atoms with Crippen molar-refractivity contribution in [1.82, 2.24) is 0 Å². The lowest BCUT2D eigenvalue weighted by Crippen LogP contribution is -2.31. The molecule has 3 heterocycles. The molecule has 3 aliphatic heterocycles. The molecule has 7 aromatic rings. The van der Waals surface area contributed by atoms with Gasteiger partial charge in [-0.15, -0.1) is 0 Å². The Morgan fingerprint density at radius 2 is 0.855 bits per heavy atom. The molecule has 4 heteroatoms. The summed E-state index contributed by atoms with van der Waals surface area (Å²) in [6.45, 7) is 13.2. The number of rotatable bonds is 10. The third-order valence-corrected chi connectivity index (χ3v) is 14.3. The lowest BCUT2D eigenvalue weighted by molar-refractivity contribution is -0.545. The van der Waals surface area contributed by atoms with Crippen LogP contribution in [-0.2, 0) is 23.7 Å². The van der Waals surface area contributed by atoms with Gasteiger partial charge in [0.1, 0.15) is 0 Å². The molecule has 0 aromatic heterocycles. The molecule has 3 aliphatic rings. The third-order valence-electron chi connectivity index (χ3n) is 14.3.